The fourth-order valence-corrected chi connectivity index (χ4v) is 3.88. The molecule has 152 valence electrons. The molecule has 0 saturated heterocycles. The van der Waals surface area contributed by atoms with Crippen LogP contribution in [0.2, 0.25) is 5.02 Å². The van der Waals surface area contributed by atoms with Crippen LogP contribution in [0.3, 0.4) is 0 Å². The van der Waals surface area contributed by atoms with E-state index in [-0.39, 0.29) is 10.6 Å². The molecule has 9 heteroatoms. The van der Waals surface area contributed by atoms with E-state index in [1.165, 1.54) is 23.1 Å². The number of nitrogens with zero attached hydrogens (tertiary/aromatic N) is 2. The lowest BCUT2D eigenvalue weighted by Gasteiger charge is -2.07. The Morgan fingerprint density at radius 1 is 1.07 bits per heavy atom. The number of aromatic carboxylic acids is 1. The molecule has 4 aromatic rings. The van der Waals surface area contributed by atoms with Crippen LogP contribution in [-0.2, 0) is 9.84 Å². The smallest absolute Gasteiger partial charge is 0.356 e. The fraction of sp³-hybridized carbons (Fsp3) is 0.0476. The third kappa shape index (κ3) is 3.74. The molecule has 30 heavy (non-hydrogen) atoms. The second kappa shape index (κ2) is 7.47. The molecular formula is C21H15ClN2O5S. The zero-order valence-corrected chi connectivity index (χ0v) is 17.2. The van der Waals surface area contributed by atoms with Crippen molar-refractivity contribution in [3.05, 3.63) is 77.6 Å². The minimum Gasteiger partial charge on any atom is -0.476 e. The molecule has 0 atom stereocenters. The van der Waals surface area contributed by atoms with Crippen molar-refractivity contribution in [3.8, 4) is 28.3 Å². The first-order valence-corrected chi connectivity index (χ1v) is 11.0. The molecule has 0 spiro atoms. The highest BCUT2D eigenvalue weighted by molar-refractivity contribution is 7.90. The highest BCUT2D eigenvalue weighted by Gasteiger charge is 2.20. The quantitative estimate of drug-likeness (QED) is 0.486. The lowest BCUT2D eigenvalue weighted by atomic mass is 10.1. The van der Waals surface area contributed by atoms with Crippen molar-refractivity contribution in [2.75, 3.05) is 6.26 Å². The number of carboxylic acids is 1. The standard InChI is InChI=1S/C21H15ClN2O5S/c1-30(27,28)15-6-4-5-13(9-15)14-10-20(29-12-14)19-11-17(21(25)26)23-24(19)18-8-3-2-7-16(18)22/h2-12H,1H3,(H,25,26). The normalized spacial score (nSPS) is 11.5. The Labute approximate surface area is 177 Å². The molecule has 7 nitrogen and oxygen atoms in total. The molecule has 0 fully saturated rings. The summed E-state index contributed by atoms with van der Waals surface area (Å²) in [5, 5.41) is 13.9. The van der Waals surface area contributed by atoms with Crippen molar-refractivity contribution in [2.45, 2.75) is 4.90 Å². The van der Waals surface area contributed by atoms with Crippen molar-refractivity contribution >= 4 is 27.4 Å². The lowest BCUT2D eigenvalue weighted by Crippen LogP contribution is -2.02. The second-order valence-corrected chi connectivity index (χ2v) is 9.01. The summed E-state index contributed by atoms with van der Waals surface area (Å²) < 4.78 is 30.8. The van der Waals surface area contributed by atoms with Crippen molar-refractivity contribution in [2.24, 2.45) is 0 Å². The number of sulfone groups is 1. The number of hydrogen-bond acceptors (Lipinski definition) is 5. The Kier molecular flexibility index (Phi) is 4.97. The van der Waals surface area contributed by atoms with Gasteiger partial charge in [-0.05, 0) is 35.9 Å². The van der Waals surface area contributed by atoms with E-state index in [2.05, 4.69) is 5.10 Å². The zero-order chi connectivity index (χ0) is 21.5. The van der Waals surface area contributed by atoms with Crippen LogP contribution in [0.25, 0.3) is 28.3 Å². The average Bonchev–Trinajstić information content (AvgIpc) is 3.35. The fourth-order valence-electron chi connectivity index (χ4n) is 3.00. The Morgan fingerprint density at radius 2 is 1.83 bits per heavy atom. The van der Waals surface area contributed by atoms with E-state index in [4.69, 9.17) is 16.0 Å². The molecule has 1 N–H and O–H groups in total. The van der Waals surface area contributed by atoms with Gasteiger partial charge < -0.3 is 9.52 Å². The Bertz CT molecular complexity index is 1370. The van der Waals surface area contributed by atoms with Gasteiger partial charge in [0.1, 0.15) is 5.69 Å². The monoisotopic (exact) mass is 442 g/mol. The molecule has 2 aromatic heterocycles. The van der Waals surface area contributed by atoms with Crippen LogP contribution in [0.5, 0.6) is 0 Å². The van der Waals surface area contributed by atoms with Crippen molar-refractivity contribution < 1.29 is 22.7 Å². The zero-order valence-electron chi connectivity index (χ0n) is 15.6. The average molecular weight is 443 g/mol. The SMILES string of the molecule is CS(=O)(=O)c1cccc(-c2coc(-c3cc(C(=O)O)nn3-c3ccccc3Cl)c2)c1. The van der Waals surface area contributed by atoms with Gasteiger partial charge >= 0.3 is 5.97 Å². The first kappa shape index (κ1) is 19.9. The van der Waals surface area contributed by atoms with E-state index >= 15 is 0 Å². The number of hydrogen-bond donors (Lipinski definition) is 1. The van der Waals surface area contributed by atoms with Crippen LogP contribution in [0.15, 0.2) is 76.2 Å². The van der Waals surface area contributed by atoms with Crippen molar-refractivity contribution in [1.29, 1.82) is 0 Å². The molecule has 0 saturated carbocycles. The first-order valence-electron chi connectivity index (χ1n) is 8.72. The number of carbonyl (C=O) groups is 1. The summed E-state index contributed by atoms with van der Waals surface area (Å²) >= 11 is 6.27. The van der Waals surface area contributed by atoms with E-state index in [0.717, 1.165) is 6.26 Å². The summed E-state index contributed by atoms with van der Waals surface area (Å²) in [5.74, 6) is -0.829. The summed E-state index contributed by atoms with van der Waals surface area (Å²) in [4.78, 5) is 11.7. The lowest BCUT2D eigenvalue weighted by molar-refractivity contribution is 0.0690. The molecule has 0 unspecified atom stereocenters. The maximum absolute atomic E-state index is 11.8. The second-order valence-electron chi connectivity index (χ2n) is 6.58. The van der Waals surface area contributed by atoms with E-state index in [1.807, 2.05) is 0 Å². The molecule has 2 heterocycles. The first-order chi connectivity index (χ1) is 14.2. The van der Waals surface area contributed by atoms with E-state index in [0.29, 0.717) is 33.3 Å². The number of rotatable bonds is 5. The van der Waals surface area contributed by atoms with Crippen LogP contribution >= 0.6 is 11.6 Å². The van der Waals surface area contributed by atoms with Gasteiger partial charge in [-0.3, -0.25) is 0 Å². The van der Waals surface area contributed by atoms with E-state index in [9.17, 15) is 18.3 Å². The van der Waals surface area contributed by atoms with Gasteiger partial charge in [0.2, 0.25) is 0 Å². The van der Waals surface area contributed by atoms with Crippen LogP contribution in [0, 0.1) is 0 Å². The number of carboxylic acid groups (broad SMARTS) is 1. The molecule has 4 rings (SSSR count). The minimum atomic E-state index is -3.36. The van der Waals surface area contributed by atoms with Crippen LogP contribution in [0.4, 0.5) is 0 Å². The van der Waals surface area contributed by atoms with Gasteiger partial charge in [0.25, 0.3) is 0 Å². The molecule has 0 aliphatic heterocycles. The summed E-state index contributed by atoms with van der Waals surface area (Å²) in [6, 6.07) is 16.5. The van der Waals surface area contributed by atoms with Gasteiger partial charge in [0.05, 0.1) is 21.9 Å². The maximum atomic E-state index is 11.8. The van der Waals surface area contributed by atoms with E-state index in [1.54, 1.807) is 48.5 Å². The van der Waals surface area contributed by atoms with Crippen molar-refractivity contribution in [1.82, 2.24) is 9.78 Å². The van der Waals surface area contributed by atoms with Crippen LogP contribution in [0.1, 0.15) is 10.5 Å². The molecular weight excluding hydrogens is 428 g/mol. The number of benzene rings is 2. The number of aromatic nitrogens is 2. The van der Waals surface area contributed by atoms with Gasteiger partial charge in [-0.15, -0.1) is 0 Å². The summed E-state index contributed by atoms with van der Waals surface area (Å²) in [5.41, 5.74) is 2.01. The summed E-state index contributed by atoms with van der Waals surface area (Å²) in [7, 11) is -3.36. The topological polar surface area (TPSA) is 102 Å². The third-order valence-corrected chi connectivity index (χ3v) is 5.89. The van der Waals surface area contributed by atoms with Gasteiger partial charge in [0, 0.05) is 17.9 Å². The molecule has 0 amide bonds. The predicted octanol–water partition coefficient (Wildman–Crippen LogP) is 4.55. The molecule has 0 bridgehead atoms. The van der Waals surface area contributed by atoms with Crippen LogP contribution < -0.4 is 0 Å². The highest BCUT2D eigenvalue weighted by atomic mass is 35.5. The molecule has 0 radical (unpaired) electrons. The third-order valence-electron chi connectivity index (χ3n) is 4.46. The van der Waals surface area contributed by atoms with Crippen LogP contribution in [-0.4, -0.2) is 35.5 Å². The highest BCUT2D eigenvalue weighted by Crippen LogP contribution is 2.32. The molecule has 2 aromatic carbocycles. The Balaban J connectivity index is 1.83. The summed E-state index contributed by atoms with van der Waals surface area (Å²) in [6.07, 6.45) is 2.61. The molecule has 0 aliphatic rings. The predicted molar refractivity (Wildman–Crippen MR) is 112 cm³/mol. The number of para-hydroxylation sites is 1. The number of furan rings is 1. The Hall–Kier alpha value is -3.36. The largest absolute Gasteiger partial charge is 0.476 e. The van der Waals surface area contributed by atoms with Gasteiger partial charge in [0.15, 0.2) is 21.3 Å². The van der Waals surface area contributed by atoms with E-state index < -0.39 is 15.8 Å². The van der Waals surface area contributed by atoms with Crippen molar-refractivity contribution in [3.63, 3.8) is 0 Å². The Morgan fingerprint density at radius 3 is 2.53 bits per heavy atom. The minimum absolute atomic E-state index is 0.165. The number of halogens is 1. The van der Waals surface area contributed by atoms with Gasteiger partial charge in [-0.2, -0.15) is 5.10 Å². The van der Waals surface area contributed by atoms with Gasteiger partial charge in [-0.25, -0.2) is 17.9 Å². The summed E-state index contributed by atoms with van der Waals surface area (Å²) in [6.45, 7) is 0. The maximum Gasteiger partial charge on any atom is 0.356 e. The van der Waals surface area contributed by atoms with Gasteiger partial charge in [-0.1, -0.05) is 35.9 Å². The molecule has 0 aliphatic carbocycles.